The highest BCUT2D eigenvalue weighted by molar-refractivity contribution is 4.97. The Hall–Kier alpha value is -0.0800. The third-order valence-electron chi connectivity index (χ3n) is 2.79. The Morgan fingerprint density at radius 1 is 1.70 bits per heavy atom. The molecule has 0 amide bonds. The van der Waals surface area contributed by atoms with Crippen LogP contribution < -0.4 is 5.73 Å². The average molecular weight is 142 g/mol. The zero-order chi connectivity index (χ0) is 7.78. The van der Waals surface area contributed by atoms with E-state index in [1.165, 1.54) is 0 Å². The Kier molecular flexibility index (Phi) is 2.02. The van der Waals surface area contributed by atoms with Crippen molar-refractivity contribution in [2.24, 2.45) is 11.7 Å². The topological polar surface area (TPSA) is 29.3 Å². The van der Waals surface area contributed by atoms with Crippen molar-refractivity contribution < 1.29 is 0 Å². The van der Waals surface area contributed by atoms with E-state index in [0.29, 0.717) is 5.92 Å². The number of nitrogens with two attached hydrogens (primary N) is 1. The standard InChI is InChI=1S/C8H18N2/c1-4-8(9)6-10(3)5-7(8)2/h7H,4-6,9H2,1-3H3/t7?,8-/m1/s1. The van der Waals surface area contributed by atoms with Gasteiger partial charge in [-0.05, 0) is 19.4 Å². The summed E-state index contributed by atoms with van der Waals surface area (Å²) in [5.41, 5.74) is 6.24. The summed E-state index contributed by atoms with van der Waals surface area (Å²) in [7, 11) is 2.14. The lowest BCUT2D eigenvalue weighted by molar-refractivity contribution is 0.341. The number of hydrogen-bond acceptors (Lipinski definition) is 2. The third kappa shape index (κ3) is 1.18. The van der Waals surface area contributed by atoms with E-state index in [0.717, 1.165) is 19.5 Å². The Morgan fingerprint density at radius 2 is 2.30 bits per heavy atom. The van der Waals surface area contributed by atoms with Crippen molar-refractivity contribution >= 4 is 0 Å². The second-order valence-electron chi connectivity index (χ2n) is 3.68. The molecule has 1 heterocycles. The summed E-state index contributed by atoms with van der Waals surface area (Å²) >= 11 is 0. The molecule has 1 saturated heterocycles. The monoisotopic (exact) mass is 142 g/mol. The SMILES string of the molecule is CC[C@@]1(N)CN(C)CC1C. The summed E-state index contributed by atoms with van der Waals surface area (Å²) < 4.78 is 0. The zero-order valence-electron chi connectivity index (χ0n) is 7.22. The van der Waals surface area contributed by atoms with Crippen molar-refractivity contribution in [3.8, 4) is 0 Å². The van der Waals surface area contributed by atoms with Crippen molar-refractivity contribution in [2.75, 3.05) is 20.1 Å². The highest BCUT2D eigenvalue weighted by Crippen LogP contribution is 2.26. The van der Waals surface area contributed by atoms with Crippen LogP contribution in [-0.2, 0) is 0 Å². The third-order valence-corrected chi connectivity index (χ3v) is 2.79. The van der Waals surface area contributed by atoms with Gasteiger partial charge >= 0.3 is 0 Å². The van der Waals surface area contributed by atoms with E-state index in [4.69, 9.17) is 5.73 Å². The summed E-state index contributed by atoms with van der Waals surface area (Å²) in [6.45, 7) is 6.64. The minimum atomic E-state index is 0.0920. The van der Waals surface area contributed by atoms with Gasteiger partial charge in [0.05, 0.1) is 0 Å². The van der Waals surface area contributed by atoms with Crippen LogP contribution in [0.25, 0.3) is 0 Å². The lowest BCUT2D eigenvalue weighted by atomic mass is 9.87. The van der Waals surface area contributed by atoms with Gasteiger partial charge in [-0.3, -0.25) is 0 Å². The summed E-state index contributed by atoms with van der Waals surface area (Å²) in [5, 5.41) is 0. The largest absolute Gasteiger partial charge is 0.324 e. The Morgan fingerprint density at radius 3 is 2.50 bits per heavy atom. The number of likely N-dealkylation sites (tertiary alicyclic amines) is 1. The van der Waals surface area contributed by atoms with Crippen molar-refractivity contribution in [3.63, 3.8) is 0 Å². The molecule has 0 radical (unpaired) electrons. The fourth-order valence-electron chi connectivity index (χ4n) is 1.83. The second kappa shape index (κ2) is 2.51. The van der Waals surface area contributed by atoms with Crippen molar-refractivity contribution in [1.29, 1.82) is 0 Å². The van der Waals surface area contributed by atoms with Crippen LogP contribution in [0.2, 0.25) is 0 Å². The van der Waals surface area contributed by atoms with Crippen LogP contribution >= 0.6 is 0 Å². The van der Waals surface area contributed by atoms with E-state index in [1.54, 1.807) is 0 Å². The van der Waals surface area contributed by atoms with Gasteiger partial charge < -0.3 is 10.6 Å². The molecule has 2 N–H and O–H groups in total. The molecule has 2 heteroatoms. The first-order valence-corrected chi connectivity index (χ1v) is 4.06. The van der Waals surface area contributed by atoms with Gasteiger partial charge in [0.15, 0.2) is 0 Å². The van der Waals surface area contributed by atoms with Crippen LogP contribution in [0, 0.1) is 5.92 Å². The van der Waals surface area contributed by atoms with Crippen LogP contribution in [0.5, 0.6) is 0 Å². The Labute approximate surface area is 63.4 Å². The minimum Gasteiger partial charge on any atom is -0.324 e. The number of likely N-dealkylation sites (N-methyl/N-ethyl adjacent to an activating group) is 1. The molecule has 60 valence electrons. The molecule has 1 unspecified atom stereocenters. The molecule has 1 rings (SSSR count). The molecule has 0 spiro atoms. The van der Waals surface area contributed by atoms with E-state index < -0.39 is 0 Å². The highest BCUT2D eigenvalue weighted by atomic mass is 15.2. The van der Waals surface area contributed by atoms with Crippen LogP contribution in [-0.4, -0.2) is 30.6 Å². The van der Waals surface area contributed by atoms with Gasteiger partial charge in [0.2, 0.25) is 0 Å². The second-order valence-corrected chi connectivity index (χ2v) is 3.68. The summed E-state index contributed by atoms with van der Waals surface area (Å²) in [4.78, 5) is 2.31. The molecule has 0 aromatic rings. The number of rotatable bonds is 1. The van der Waals surface area contributed by atoms with Gasteiger partial charge in [-0.15, -0.1) is 0 Å². The van der Waals surface area contributed by atoms with E-state index in [-0.39, 0.29) is 5.54 Å². The van der Waals surface area contributed by atoms with Gasteiger partial charge in [-0.25, -0.2) is 0 Å². The normalized spacial score (nSPS) is 42.6. The van der Waals surface area contributed by atoms with Gasteiger partial charge in [0.1, 0.15) is 0 Å². The number of nitrogens with zero attached hydrogens (tertiary/aromatic N) is 1. The highest BCUT2D eigenvalue weighted by Gasteiger charge is 2.37. The first kappa shape index (κ1) is 8.02. The first-order valence-electron chi connectivity index (χ1n) is 4.06. The molecular weight excluding hydrogens is 124 g/mol. The van der Waals surface area contributed by atoms with Crippen molar-refractivity contribution in [3.05, 3.63) is 0 Å². The van der Waals surface area contributed by atoms with Gasteiger partial charge in [0, 0.05) is 18.6 Å². The zero-order valence-corrected chi connectivity index (χ0v) is 7.22. The molecule has 0 saturated carbocycles. The van der Waals surface area contributed by atoms with Crippen molar-refractivity contribution in [1.82, 2.24) is 4.90 Å². The maximum absolute atomic E-state index is 6.15. The molecule has 0 aromatic heterocycles. The predicted molar refractivity (Wildman–Crippen MR) is 43.9 cm³/mol. The molecule has 0 aromatic carbocycles. The van der Waals surface area contributed by atoms with E-state index in [9.17, 15) is 0 Å². The Bertz CT molecular complexity index is 124. The lowest BCUT2D eigenvalue weighted by Gasteiger charge is -2.26. The Balaban J connectivity index is 2.61. The molecule has 0 aliphatic carbocycles. The summed E-state index contributed by atoms with van der Waals surface area (Å²) in [5.74, 6) is 0.655. The molecule has 10 heavy (non-hydrogen) atoms. The van der Waals surface area contributed by atoms with Gasteiger partial charge in [-0.2, -0.15) is 0 Å². The first-order chi connectivity index (χ1) is 4.58. The van der Waals surface area contributed by atoms with Gasteiger partial charge in [0.25, 0.3) is 0 Å². The molecular formula is C8H18N2. The van der Waals surface area contributed by atoms with Crippen LogP contribution in [0.4, 0.5) is 0 Å². The number of hydrogen-bond donors (Lipinski definition) is 1. The van der Waals surface area contributed by atoms with Crippen LogP contribution in [0.1, 0.15) is 20.3 Å². The molecule has 1 aliphatic heterocycles. The fraction of sp³-hybridized carbons (Fsp3) is 1.00. The molecule has 1 aliphatic rings. The van der Waals surface area contributed by atoms with Crippen LogP contribution in [0.15, 0.2) is 0 Å². The fourth-order valence-corrected chi connectivity index (χ4v) is 1.83. The molecule has 2 nitrogen and oxygen atoms in total. The predicted octanol–water partition coefficient (Wildman–Crippen LogP) is 0.675. The van der Waals surface area contributed by atoms with E-state index in [2.05, 4.69) is 25.8 Å². The quantitative estimate of drug-likeness (QED) is 0.583. The maximum Gasteiger partial charge on any atom is 0.0318 e. The minimum absolute atomic E-state index is 0.0920. The van der Waals surface area contributed by atoms with Gasteiger partial charge in [-0.1, -0.05) is 13.8 Å². The molecule has 0 bridgehead atoms. The summed E-state index contributed by atoms with van der Waals surface area (Å²) in [6.07, 6.45) is 1.10. The van der Waals surface area contributed by atoms with E-state index in [1.807, 2.05) is 0 Å². The van der Waals surface area contributed by atoms with E-state index >= 15 is 0 Å². The smallest absolute Gasteiger partial charge is 0.0318 e. The molecule has 1 fully saturated rings. The van der Waals surface area contributed by atoms with Crippen molar-refractivity contribution in [2.45, 2.75) is 25.8 Å². The average Bonchev–Trinajstić information content (AvgIpc) is 2.09. The maximum atomic E-state index is 6.15. The lowest BCUT2D eigenvalue weighted by Crippen LogP contribution is -2.45. The van der Waals surface area contributed by atoms with Crippen LogP contribution in [0.3, 0.4) is 0 Å². The molecule has 2 atom stereocenters. The summed E-state index contributed by atoms with van der Waals surface area (Å²) in [6, 6.07) is 0.